The van der Waals surface area contributed by atoms with Crippen LogP contribution in [0.2, 0.25) is 18.1 Å². The van der Waals surface area contributed by atoms with Crippen LogP contribution in [0.4, 0.5) is 4.79 Å². The predicted molar refractivity (Wildman–Crippen MR) is 107 cm³/mol. The fraction of sp³-hybridized carbons (Fsp3) is 0.778. The summed E-state index contributed by atoms with van der Waals surface area (Å²) in [6.07, 6.45) is 1.11. The first kappa shape index (κ1) is 22.1. The van der Waals surface area contributed by atoms with Crippen molar-refractivity contribution in [3.8, 4) is 0 Å². The van der Waals surface area contributed by atoms with E-state index in [1.54, 1.807) is 18.4 Å². The summed E-state index contributed by atoms with van der Waals surface area (Å²) in [7, 11) is -0.174. The quantitative estimate of drug-likeness (QED) is 0.640. The zero-order valence-corrected chi connectivity index (χ0v) is 18.8. The fourth-order valence-corrected chi connectivity index (χ4v) is 3.73. The van der Waals surface area contributed by atoms with Crippen molar-refractivity contribution in [3.63, 3.8) is 0 Å². The van der Waals surface area contributed by atoms with E-state index in [4.69, 9.17) is 9.16 Å². The lowest BCUT2D eigenvalue weighted by Crippen LogP contribution is -2.40. The van der Waals surface area contributed by atoms with Crippen LogP contribution >= 0.6 is 11.3 Å². The number of aryl methyl sites for hydroxylation is 1. The lowest BCUT2D eigenvalue weighted by molar-refractivity contribution is 0.0674. The molecular weight excluding hydrogens is 352 g/mol. The number of rotatable bonds is 8. The van der Waals surface area contributed by atoms with Gasteiger partial charge in [-0.3, -0.25) is 0 Å². The number of aromatic nitrogens is 1. The van der Waals surface area contributed by atoms with Crippen LogP contribution in [-0.2, 0) is 22.2 Å². The normalized spacial score (nSPS) is 13.8. The Hall–Kier alpha value is -0.923. The van der Waals surface area contributed by atoms with Crippen molar-refractivity contribution in [2.24, 2.45) is 5.92 Å². The molecule has 1 amide bonds. The minimum Gasteiger partial charge on any atom is -0.446 e. The molecule has 1 aromatic rings. The molecule has 1 atom stereocenters. The molecule has 0 aliphatic carbocycles. The molecule has 7 heteroatoms. The van der Waals surface area contributed by atoms with E-state index in [2.05, 4.69) is 63.4 Å². The van der Waals surface area contributed by atoms with Gasteiger partial charge in [-0.2, -0.15) is 0 Å². The molecule has 5 nitrogen and oxygen atoms in total. The molecule has 1 aromatic heterocycles. The van der Waals surface area contributed by atoms with E-state index < -0.39 is 8.32 Å². The zero-order chi connectivity index (χ0) is 19.3. The van der Waals surface area contributed by atoms with Gasteiger partial charge in [0.05, 0.1) is 17.3 Å². The number of ether oxygens (including phenoxy) is 1. The van der Waals surface area contributed by atoms with Gasteiger partial charge in [-0.25, -0.2) is 9.78 Å². The maximum absolute atomic E-state index is 11.4. The lowest BCUT2D eigenvalue weighted by atomic mass is 10.0. The summed E-state index contributed by atoms with van der Waals surface area (Å²) in [6, 6.07) is 0. The SMILES string of the molecule is CNC(=O)OC(CCc1nc(CO[Si](C)(C)C(C)(C)C)cs1)C(C)C. The number of carbonyl (C=O) groups is 1. The molecule has 1 heterocycles. The predicted octanol–water partition coefficient (Wildman–Crippen LogP) is 4.98. The average Bonchev–Trinajstić information content (AvgIpc) is 2.95. The number of thiazole rings is 1. The molecule has 25 heavy (non-hydrogen) atoms. The Bertz CT molecular complexity index is 553. The van der Waals surface area contributed by atoms with Gasteiger partial charge in [0.25, 0.3) is 0 Å². The number of alkyl carbamates (subject to hydrolysis) is 1. The Morgan fingerprint density at radius 2 is 2.00 bits per heavy atom. The largest absolute Gasteiger partial charge is 0.446 e. The van der Waals surface area contributed by atoms with Crippen LogP contribution in [-0.4, -0.2) is 32.5 Å². The van der Waals surface area contributed by atoms with Gasteiger partial charge in [0, 0.05) is 18.8 Å². The van der Waals surface area contributed by atoms with Crippen molar-refractivity contribution in [1.82, 2.24) is 10.3 Å². The molecule has 0 radical (unpaired) electrons. The summed E-state index contributed by atoms with van der Waals surface area (Å²) >= 11 is 1.65. The summed E-state index contributed by atoms with van der Waals surface area (Å²) < 4.78 is 11.7. The highest BCUT2D eigenvalue weighted by molar-refractivity contribution is 7.09. The van der Waals surface area contributed by atoms with Gasteiger partial charge in [-0.15, -0.1) is 11.3 Å². The van der Waals surface area contributed by atoms with Gasteiger partial charge in [-0.05, 0) is 30.5 Å². The number of carbonyl (C=O) groups excluding carboxylic acids is 1. The van der Waals surface area contributed by atoms with E-state index in [1.807, 2.05) is 0 Å². The topological polar surface area (TPSA) is 60.5 Å². The second-order valence-electron chi connectivity index (χ2n) is 8.26. The lowest BCUT2D eigenvalue weighted by Gasteiger charge is -2.35. The Morgan fingerprint density at radius 1 is 1.36 bits per heavy atom. The molecule has 0 aliphatic rings. The number of amides is 1. The molecule has 1 rings (SSSR count). The minimum absolute atomic E-state index is 0.101. The number of hydrogen-bond acceptors (Lipinski definition) is 5. The van der Waals surface area contributed by atoms with Crippen molar-refractivity contribution in [1.29, 1.82) is 0 Å². The van der Waals surface area contributed by atoms with Crippen LogP contribution in [0, 0.1) is 5.92 Å². The third-order valence-corrected chi connectivity index (χ3v) is 10.3. The second-order valence-corrected chi connectivity index (χ2v) is 14.0. The third kappa shape index (κ3) is 7.07. The summed E-state index contributed by atoms with van der Waals surface area (Å²) in [6.45, 7) is 15.9. The monoisotopic (exact) mass is 386 g/mol. The van der Waals surface area contributed by atoms with E-state index in [0.717, 1.165) is 23.5 Å². The molecular formula is C18H34N2O3SSi. The first-order valence-corrected chi connectivity index (χ1v) is 12.7. The minimum atomic E-state index is -1.75. The molecule has 1 N–H and O–H groups in total. The van der Waals surface area contributed by atoms with Crippen LogP contribution in [0.3, 0.4) is 0 Å². The summed E-state index contributed by atoms with van der Waals surface area (Å²) in [4.78, 5) is 16.1. The Balaban J connectivity index is 2.56. The summed E-state index contributed by atoms with van der Waals surface area (Å²) in [5, 5.41) is 5.86. The molecule has 1 unspecified atom stereocenters. The highest BCUT2D eigenvalue weighted by Crippen LogP contribution is 2.37. The van der Waals surface area contributed by atoms with Crippen molar-refractivity contribution < 1.29 is 14.0 Å². The number of hydrogen-bond donors (Lipinski definition) is 1. The van der Waals surface area contributed by atoms with E-state index >= 15 is 0 Å². The zero-order valence-electron chi connectivity index (χ0n) is 16.9. The third-order valence-electron chi connectivity index (χ3n) is 4.84. The van der Waals surface area contributed by atoms with Crippen molar-refractivity contribution in [2.75, 3.05) is 7.05 Å². The highest BCUT2D eigenvalue weighted by Gasteiger charge is 2.37. The Morgan fingerprint density at radius 3 is 2.52 bits per heavy atom. The molecule has 0 saturated heterocycles. The van der Waals surface area contributed by atoms with Gasteiger partial charge in [0.2, 0.25) is 0 Å². The maximum atomic E-state index is 11.4. The van der Waals surface area contributed by atoms with Crippen LogP contribution in [0.5, 0.6) is 0 Å². The Labute approximate surface area is 157 Å². The summed E-state index contributed by atoms with van der Waals surface area (Å²) in [5.41, 5.74) is 0.998. The summed E-state index contributed by atoms with van der Waals surface area (Å²) in [5.74, 6) is 0.277. The van der Waals surface area contributed by atoms with Crippen LogP contribution in [0.25, 0.3) is 0 Å². The number of nitrogens with zero attached hydrogens (tertiary/aromatic N) is 1. The van der Waals surface area contributed by atoms with Crippen LogP contribution < -0.4 is 5.32 Å². The molecule has 0 aromatic carbocycles. The van der Waals surface area contributed by atoms with Crippen molar-refractivity contribution in [2.45, 2.75) is 78.3 Å². The molecule has 0 spiro atoms. The molecule has 144 valence electrons. The van der Waals surface area contributed by atoms with Gasteiger partial charge in [0.15, 0.2) is 8.32 Å². The molecule has 0 aliphatic heterocycles. The first-order chi connectivity index (χ1) is 11.5. The second kappa shape index (κ2) is 9.14. The fourth-order valence-electron chi connectivity index (χ4n) is 1.99. The van der Waals surface area contributed by atoms with Gasteiger partial charge >= 0.3 is 6.09 Å². The number of nitrogens with one attached hydrogen (secondary N) is 1. The van der Waals surface area contributed by atoms with E-state index in [1.165, 1.54) is 0 Å². The van der Waals surface area contributed by atoms with Crippen molar-refractivity contribution >= 4 is 25.7 Å². The average molecular weight is 387 g/mol. The standard InChI is InChI=1S/C18H34N2O3SSi/c1-13(2)15(23-17(21)19-6)9-10-16-20-14(12-24-16)11-22-25(7,8)18(3,4)5/h12-13,15H,9-11H2,1-8H3,(H,19,21). The van der Waals surface area contributed by atoms with Gasteiger partial charge in [-0.1, -0.05) is 34.6 Å². The van der Waals surface area contributed by atoms with Gasteiger partial charge in [0.1, 0.15) is 6.10 Å². The maximum Gasteiger partial charge on any atom is 0.407 e. The van der Waals surface area contributed by atoms with E-state index in [9.17, 15) is 4.79 Å². The van der Waals surface area contributed by atoms with Crippen molar-refractivity contribution in [3.05, 3.63) is 16.1 Å². The molecule has 0 saturated carbocycles. The van der Waals surface area contributed by atoms with Crippen LogP contribution in [0.1, 0.15) is 51.7 Å². The molecule has 0 bridgehead atoms. The smallest absolute Gasteiger partial charge is 0.407 e. The van der Waals surface area contributed by atoms with E-state index in [0.29, 0.717) is 6.61 Å². The van der Waals surface area contributed by atoms with Gasteiger partial charge < -0.3 is 14.5 Å². The van der Waals surface area contributed by atoms with E-state index in [-0.39, 0.29) is 23.2 Å². The highest BCUT2D eigenvalue weighted by atomic mass is 32.1. The molecule has 0 fully saturated rings. The Kier molecular flexibility index (Phi) is 8.09. The van der Waals surface area contributed by atoms with Crippen LogP contribution in [0.15, 0.2) is 5.38 Å². The first-order valence-electron chi connectivity index (χ1n) is 8.92.